The zero-order valence-electron chi connectivity index (χ0n) is 15.7. The van der Waals surface area contributed by atoms with Crippen molar-refractivity contribution in [3.63, 3.8) is 0 Å². The van der Waals surface area contributed by atoms with E-state index in [2.05, 4.69) is 10.4 Å². The first-order chi connectivity index (χ1) is 13.3. The first-order valence-corrected chi connectivity index (χ1v) is 8.68. The summed E-state index contributed by atoms with van der Waals surface area (Å²) in [5, 5.41) is 18.2. The number of aromatic nitrogens is 2. The Kier molecular flexibility index (Phi) is 5.39. The molecule has 28 heavy (non-hydrogen) atoms. The standard InChI is InChI=1S/C20H20N4O4/c1-13-4-6-18(7-5-13)28-19-11-16(10-17(12-19)24(26)27)21-20(25)15(3)23-9-8-14(2)22-23/h4-12,15H,1-3H3,(H,21,25). The minimum atomic E-state index is -0.575. The Morgan fingerprint density at radius 3 is 2.46 bits per heavy atom. The van der Waals surface area contributed by atoms with E-state index >= 15 is 0 Å². The largest absolute Gasteiger partial charge is 0.457 e. The maximum atomic E-state index is 12.5. The van der Waals surface area contributed by atoms with Gasteiger partial charge in [0.05, 0.1) is 22.4 Å². The van der Waals surface area contributed by atoms with Crippen molar-refractivity contribution in [3.8, 4) is 11.5 Å². The van der Waals surface area contributed by atoms with E-state index < -0.39 is 11.0 Å². The average Bonchev–Trinajstić information content (AvgIpc) is 3.09. The van der Waals surface area contributed by atoms with Gasteiger partial charge in [-0.2, -0.15) is 5.10 Å². The molecule has 1 N–H and O–H groups in total. The first kappa shape index (κ1) is 19.1. The number of nitrogens with zero attached hydrogens (tertiary/aromatic N) is 3. The molecular formula is C20H20N4O4. The summed E-state index contributed by atoms with van der Waals surface area (Å²) in [6, 6.07) is 12.7. The Morgan fingerprint density at radius 2 is 1.86 bits per heavy atom. The summed E-state index contributed by atoms with van der Waals surface area (Å²) in [5.41, 5.74) is 1.96. The van der Waals surface area contributed by atoms with Gasteiger partial charge in [0.25, 0.3) is 5.69 Å². The Morgan fingerprint density at radius 1 is 1.14 bits per heavy atom. The molecule has 1 unspecified atom stereocenters. The van der Waals surface area contributed by atoms with Gasteiger partial charge in [-0.1, -0.05) is 17.7 Å². The molecule has 8 heteroatoms. The molecule has 0 bridgehead atoms. The predicted octanol–water partition coefficient (Wildman–Crippen LogP) is 4.40. The quantitative estimate of drug-likeness (QED) is 0.505. The Bertz CT molecular complexity index is 1010. The summed E-state index contributed by atoms with van der Waals surface area (Å²) < 4.78 is 7.26. The normalized spacial score (nSPS) is 11.7. The molecule has 1 amide bonds. The summed E-state index contributed by atoms with van der Waals surface area (Å²) in [4.78, 5) is 23.3. The molecule has 1 atom stereocenters. The summed E-state index contributed by atoms with van der Waals surface area (Å²) >= 11 is 0. The van der Waals surface area contributed by atoms with E-state index in [-0.39, 0.29) is 23.0 Å². The highest BCUT2D eigenvalue weighted by molar-refractivity contribution is 5.94. The third-order valence-electron chi connectivity index (χ3n) is 4.14. The lowest BCUT2D eigenvalue weighted by Gasteiger charge is -2.14. The van der Waals surface area contributed by atoms with E-state index in [0.717, 1.165) is 11.3 Å². The highest BCUT2D eigenvalue weighted by Crippen LogP contribution is 2.30. The van der Waals surface area contributed by atoms with Gasteiger partial charge >= 0.3 is 0 Å². The van der Waals surface area contributed by atoms with Gasteiger partial charge in [-0.15, -0.1) is 0 Å². The highest BCUT2D eigenvalue weighted by atomic mass is 16.6. The number of rotatable bonds is 6. The zero-order chi connectivity index (χ0) is 20.3. The van der Waals surface area contributed by atoms with Crippen molar-refractivity contribution >= 4 is 17.3 Å². The van der Waals surface area contributed by atoms with Crippen molar-refractivity contribution in [2.75, 3.05) is 5.32 Å². The minimum absolute atomic E-state index is 0.178. The summed E-state index contributed by atoms with van der Waals surface area (Å²) in [7, 11) is 0. The van der Waals surface area contributed by atoms with Gasteiger partial charge in [-0.25, -0.2) is 0 Å². The van der Waals surface area contributed by atoms with E-state index in [1.807, 2.05) is 26.0 Å². The minimum Gasteiger partial charge on any atom is -0.457 e. The van der Waals surface area contributed by atoms with Gasteiger partial charge in [0.1, 0.15) is 17.5 Å². The summed E-state index contributed by atoms with van der Waals surface area (Å²) in [6.45, 7) is 5.48. The maximum Gasteiger partial charge on any atom is 0.275 e. The Balaban J connectivity index is 1.83. The molecule has 0 aliphatic rings. The average molecular weight is 380 g/mol. The van der Waals surface area contributed by atoms with Crippen molar-refractivity contribution in [2.45, 2.75) is 26.8 Å². The van der Waals surface area contributed by atoms with Crippen LogP contribution in [0.3, 0.4) is 0 Å². The maximum absolute atomic E-state index is 12.5. The van der Waals surface area contributed by atoms with Crippen molar-refractivity contribution in [1.82, 2.24) is 9.78 Å². The van der Waals surface area contributed by atoms with Crippen LogP contribution in [0.1, 0.15) is 24.2 Å². The molecule has 0 aliphatic heterocycles. The van der Waals surface area contributed by atoms with Crippen LogP contribution in [0.15, 0.2) is 54.7 Å². The molecule has 3 rings (SSSR count). The Labute approximate surface area is 161 Å². The zero-order valence-corrected chi connectivity index (χ0v) is 15.7. The molecule has 0 aliphatic carbocycles. The van der Waals surface area contributed by atoms with Crippen molar-refractivity contribution in [3.05, 3.63) is 76.1 Å². The van der Waals surface area contributed by atoms with Crippen LogP contribution in [-0.4, -0.2) is 20.6 Å². The van der Waals surface area contributed by atoms with Gasteiger partial charge in [0.2, 0.25) is 5.91 Å². The number of aryl methyl sites for hydroxylation is 2. The van der Waals surface area contributed by atoms with Gasteiger partial charge in [0.15, 0.2) is 0 Å². The number of nitro benzene ring substituents is 1. The van der Waals surface area contributed by atoms with E-state index in [9.17, 15) is 14.9 Å². The molecule has 1 aromatic heterocycles. The predicted molar refractivity (Wildman–Crippen MR) is 105 cm³/mol. The molecule has 3 aromatic rings. The van der Waals surface area contributed by atoms with E-state index in [1.165, 1.54) is 16.8 Å². The number of nitro groups is 1. The van der Waals surface area contributed by atoms with Gasteiger partial charge in [-0.3, -0.25) is 19.6 Å². The summed E-state index contributed by atoms with van der Waals surface area (Å²) in [6.07, 6.45) is 1.71. The number of hydrogen-bond donors (Lipinski definition) is 1. The summed E-state index contributed by atoms with van der Waals surface area (Å²) in [5.74, 6) is 0.463. The third-order valence-corrected chi connectivity index (χ3v) is 4.14. The lowest BCUT2D eigenvalue weighted by atomic mass is 10.2. The number of amides is 1. The lowest BCUT2D eigenvalue weighted by Crippen LogP contribution is -2.24. The number of nitrogens with one attached hydrogen (secondary N) is 1. The number of hydrogen-bond acceptors (Lipinski definition) is 5. The van der Waals surface area contributed by atoms with Crippen LogP contribution in [0.2, 0.25) is 0 Å². The molecule has 1 heterocycles. The number of benzene rings is 2. The molecule has 8 nitrogen and oxygen atoms in total. The second-order valence-electron chi connectivity index (χ2n) is 6.49. The first-order valence-electron chi connectivity index (χ1n) is 8.68. The number of non-ortho nitro benzene ring substituents is 1. The van der Waals surface area contributed by atoms with Crippen LogP contribution < -0.4 is 10.1 Å². The highest BCUT2D eigenvalue weighted by Gasteiger charge is 2.18. The van der Waals surface area contributed by atoms with Crippen LogP contribution >= 0.6 is 0 Å². The fraction of sp³-hybridized carbons (Fsp3) is 0.200. The SMILES string of the molecule is Cc1ccc(Oc2cc(NC(=O)C(C)n3ccc(C)n3)cc([N+](=O)[O-])c2)cc1. The number of anilines is 1. The number of carbonyl (C=O) groups is 1. The molecule has 2 aromatic carbocycles. The van der Waals surface area contributed by atoms with Gasteiger partial charge < -0.3 is 10.1 Å². The molecular weight excluding hydrogens is 360 g/mol. The van der Waals surface area contributed by atoms with Crippen molar-refractivity contribution in [1.29, 1.82) is 0 Å². The molecule has 0 radical (unpaired) electrons. The smallest absolute Gasteiger partial charge is 0.275 e. The van der Waals surface area contributed by atoms with Crippen molar-refractivity contribution < 1.29 is 14.5 Å². The van der Waals surface area contributed by atoms with Crippen LogP contribution in [0.4, 0.5) is 11.4 Å². The van der Waals surface area contributed by atoms with Gasteiger partial charge in [0, 0.05) is 18.3 Å². The van der Waals surface area contributed by atoms with Gasteiger partial charge in [-0.05, 0) is 39.0 Å². The Hall–Kier alpha value is -3.68. The molecule has 0 saturated heterocycles. The van der Waals surface area contributed by atoms with Crippen LogP contribution in [0.5, 0.6) is 11.5 Å². The fourth-order valence-corrected chi connectivity index (χ4v) is 2.58. The molecule has 0 saturated carbocycles. The second kappa shape index (κ2) is 7.91. The fourth-order valence-electron chi connectivity index (χ4n) is 2.58. The van der Waals surface area contributed by atoms with E-state index in [1.54, 1.807) is 37.4 Å². The number of carbonyl (C=O) groups excluding carboxylic acids is 1. The third kappa shape index (κ3) is 4.53. The molecule has 144 valence electrons. The van der Waals surface area contributed by atoms with Crippen LogP contribution in [-0.2, 0) is 4.79 Å². The second-order valence-corrected chi connectivity index (χ2v) is 6.49. The molecule has 0 spiro atoms. The monoisotopic (exact) mass is 380 g/mol. The van der Waals surface area contributed by atoms with E-state index in [0.29, 0.717) is 5.75 Å². The molecule has 0 fully saturated rings. The van der Waals surface area contributed by atoms with E-state index in [4.69, 9.17) is 4.74 Å². The topological polar surface area (TPSA) is 99.3 Å². The lowest BCUT2D eigenvalue weighted by molar-refractivity contribution is -0.384. The van der Waals surface area contributed by atoms with Crippen LogP contribution in [0.25, 0.3) is 0 Å². The number of ether oxygens (including phenoxy) is 1. The van der Waals surface area contributed by atoms with Crippen LogP contribution in [0, 0.1) is 24.0 Å². The van der Waals surface area contributed by atoms with Crippen molar-refractivity contribution in [2.24, 2.45) is 0 Å².